The van der Waals surface area contributed by atoms with E-state index in [2.05, 4.69) is 31.0 Å². The van der Waals surface area contributed by atoms with E-state index in [0.717, 1.165) is 44.8 Å². The Hall–Kier alpha value is -0.570. The zero-order valence-corrected chi connectivity index (χ0v) is 11.7. The lowest BCUT2D eigenvalue weighted by molar-refractivity contribution is -0.130. The molecule has 1 fully saturated rings. The quantitative estimate of drug-likeness (QED) is 0.773. The summed E-state index contributed by atoms with van der Waals surface area (Å²) in [5, 5.41) is 3.40. The van der Waals surface area contributed by atoms with E-state index in [1.54, 1.807) is 0 Å². The van der Waals surface area contributed by atoms with E-state index in [-0.39, 0.29) is 0 Å². The molecule has 3 heteroatoms. The zero-order valence-electron chi connectivity index (χ0n) is 11.7. The SMILES string of the molecule is CCNC(C)CCN1CCC(CC)CCC1=O. The molecule has 1 rings (SSSR count). The highest BCUT2D eigenvalue weighted by atomic mass is 16.2. The Morgan fingerprint density at radius 2 is 2.18 bits per heavy atom. The Labute approximate surface area is 106 Å². The van der Waals surface area contributed by atoms with Crippen LogP contribution in [0.4, 0.5) is 0 Å². The molecule has 0 radical (unpaired) electrons. The van der Waals surface area contributed by atoms with Crippen LogP contribution in [0.1, 0.15) is 52.9 Å². The summed E-state index contributed by atoms with van der Waals surface area (Å²) < 4.78 is 0. The summed E-state index contributed by atoms with van der Waals surface area (Å²) in [6, 6.07) is 0.512. The molecule has 0 saturated carbocycles. The minimum atomic E-state index is 0.365. The Kier molecular flexibility index (Phi) is 6.56. The fraction of sp³-hybridized carbons (Fsp3) is 0.929. The van der Waals surface area contributed by atoms with Crippen LogP contribution in [-0.2, 0) is 4.79 Å². The number of nitrogens with one attached hydrogen (secondary N) is 1. The molecule has 1 aliphatic rings. The van der Waals surface area contributed by atoms with E-state index in [1.165, 1.54) is 12.8 Å². The third-order valence-corrected chi connectivity index (χ3v) is 3.89. The van der Waals surface area contributed by atoms with Crippen LogP contribution >= 0.6 is 0 Å². The van der Waals surface area contributed by atoms with Crippen molar-refractivity contribution < 1.29 is 4.79 Å². The van der Waals surface area contributed by atoms with E-state index in [4.69, 9.17) is 0 Å². The predicted octanol–water partition coefficient (Wildman–Crippen LogP) is 2.41. The van der Waals surface area contributed by atoms with Crippen molar-refractivity contribution in [2.75, 3.05) is 19.6 Å². The first-order valence-electron chi connectivity index (χ1n) is 7.18. The molecule has 1 aliphatic heterocycles. The van der Waals surface area contributed by atoms with E-state index < -0.39 is 0 Å². The molecular weight excluding hydrogens is 212 g/mol. The second kappa shape index (κ2) is 7.70. The molecule has 2 unspecified atom stereocenters. The van der Waals surface area contributed by atoms with Gasteiger partial charge >= 0.3 is 0 Å². The molecule has 0 aromatic heterocycles. The molecule has 0 bridgehead atoms. The fourth-order valence-corrected chi connectivity index (χ4v) is 2.54. The predicted molar refractivity (Wildman–Crippen MR) is 72.0 cm³/mol. The molecule has 0 aromatic carbocycles. The Morgan fingerprint density at radius 1 is 1.41 bits per heavy atom. The molecule has 1 heterocycles. The van der Waals surface area contributed by atoms with Crippen molar-refractivity contribution in [1.82, 2.24) is 10.2 Å². The van der Waals surface area contributed by atoms with E-state index in [9.17, 15) is 4.79 Å². The zero-order chi connectivity index (χ0) is 12.7. The summed E-state index contributed by atoms with van der Waals surface area (Å²) in [5.74, 6) is 1.12. The molecule has 100 valence electrons. The minimum absolute atomic E-state index is 0.365. The Balaban J connectivity index is 2.34. The highest BCUT2D eigenvalue weighted by Crippen LogP contribution is 2.21. The van der Waals surface area contributed by atoms with Gasteiger partial charge in [0.25, 0.3) is 0 Å². The lowest BCUT2D eigenvalue weighted by atomic mass is 9.98. The number of nitrogens with zero attached hydrogens (tertiary/aromatic N) is 1. The molecule has 1 saturated heterocycles. The molecule has 3 nitrogen and oxygen atoms in total. The highest BCUT2D eigenvalue weighted by molar-refractivity contribution is 5.76. The van der Waals surface area contributed by atoms with Gasteiger partial charge in [-0.15, -0.1) is 0 Å². The summed E-state index contributed by atoms with van der Waals surface area (Å²) >= 11 is 0. The van der Waals surface area contributed by atoms with Crippen LogP contribution < -0.4 is 5.32 Å². The maximum atomic E-state index is 12.0. The summed E-state index contributed by atoms with van der Waals surface area (Å²) in [7, 11) is 0. The smallest absolute Gasteiger partial charge is 0.222 e. The first-order valence-corrected chi connectivity index (χ1v) is 7.18. The molecule has 2 atom stereocenters. The van der Waals surface area contributed by atoms with Gasteiger partial charge in [-0.3, -0.25) is 4.79 Å². The standard InChI is InChI=1S/C14H28N2O/c1-4-13-6-7-14(17)16(11-9-13)10-8-12(3)15-5-2/h12-13,15H,4-11H2,1-3H3. The fourth-order valence-electron chi connectivity index (χ4n) is 2.54. The number of likely N-dealkylation sites (tertiary alicyclic amines) is 1. The van der Waals surface area contributed by atoms with Gasteiger partial charge in [0, 0.05) is 25.6 Å². The number of rotatable bonds is 6. The topological polar surface area (TPSA) is 32.3 Å². The van der Waals surface area contributed by atoms with E-state index in [1.807, 2.05) is 0 Å². The normalized spacial score (nSPS) is 23.6. The maximum Gasteiger partial charge on any atom is 0.222 e. The van der Waals surface area contributed by atoms with Crippen molar-refractivity contribution in [2.45, 2.75) is 58.9 Å². The Morgan fingerprint density at radius 3 is 2.82 bits per heavy atom. The molecule has 1 amide bonds. The number of hydrogen-bond acceptors (Lipinski definition) is 2. The first-order chi connectivity index (χ1) is 8.17. The molecule has 1 N–H and O–H groups in total. The van der Waals surface area contributed by atoms with E-state index >= 15 is 0 Å². The van der Waals surface area contributed by atoms with Crippen molar-refractivity contribution in [1.29, 1.82) is 0 Å². The minimum Gasteiger partial charge on any atom is -0.343 e. The van der Waals surface area contributed by atoms with Gasteiger partial charge in [-0.05, 0) is 38.6 Å². The van der Waals surface area contributed by atoms with Gasteiger partial charge in [-0.25, -0.2) is 0 Å². The molecular formula is C14H28N2O. The van der Waals surface area contributed by atoms with Gasteiger partial charge in [0.05, 0.1) is 0 Å². The van der Waals surface area contributed by atoms with Gasteiger partial charge in [0.2, 0.25) is 5.91 Å². The molecule has 0 aliphatic carbocycles. The van der Waals surface area contributed by atoms with Crippen molar-refractivity contribution in [3.05, 3.63) is 0 Å². The summed E-state index contributed by atoms with van der Waals surface area (Å²) in [4.78, 5) is 14.0. The molecule has 0 aromatic rings. The van der Waals surface area contributed by atoms with Gasteiger partial charge in [0.1, 0.15) is 0 Å². The third kappa shape index (κ3) is 5.07. The van der Waals surface area contributed by atoms with Gasteiger partial charge in [0.15, 0.2) is 0 Å². The second-order valence-corrected chi connectivity index (χ2v) is 5.23. The lowest BCUT2D eigenvalue weighted by Crippen LogP contribution is -2.35. The summed E-state index contributed by atoms with van der Waals surface area (Å²) in [5.41, 5.74) is 0. The van der Waals surface area contributed by atoms with Crippen molar-refractivity contribution in [2.24, 2.45) is 5.92 Å². The van der Waals surface area contributed by atoms with Crippen molar-refractivity contribution in [3.63, 3.8) is 0 Å². The van der Waals surface area contributed by atoms with Gasteiger partial charge in [-0.2, -0.15) is 0 Å². The average Bonchev–Trinajstić information content (AvgIpc) is 2.49. The van der Waals surface area contributed by atoms with Crippen LogP contribution in [-0.4, -0.2) is 36.5 Å². The summed E-state index contributed by atoms with van der Waals surface area (Å²) in [6.45, 7) is 9.45. The van der Waals surface area contributed by atoms with Crippen LogP contribution in [0.25, 0.3) is 0 Å². The van der Waals surface area contributed by atoms with Gasteiger partial charge in [-0.1, -0.05) is 20.3 Å². The molecule has 17 heavy (non-hydrogen) atoms. The summed E-state index contributed by atoms with van der Waals surface area (Å²) in [6.07, 6.45) is 5.33. The lowest BCUT2D eigenvalue weighted by Gasteiger charge is -2.23. The number of hydrogen-bond donors (Lipinski definition) is 1. The van der Waals surface area contributed by atoms with Crippen LogP contribution in [0.15, 0.2) is 0 Å². The largest absolute Gasteiger partial charge is 0.343 e. The van der Waals surface area contributed by atoms with Crippen LogP contribution in [0.3, 0.4) is 0 Å². The third-order valence-electron chi connectivity index (χ3n) is 3.89. The first kappa shape index (κ1) is 14.5. The van der Waals surface area contributed by atoms with Crippen molar-refractivity contribution in [3.8, 4) is 0 Å². The maximum absolute atomic E-state index is 12.0. The monoisotopic (exact) mass is 240 g/mol. The highest BCUT2D eigenvalue weighted by Gasteiger charge is 2.21. The number of carbonyl (C=O) groups excluding carboxylic acids is 1. The molecule has 0 spiro atoms. The van der Waals surface area contributed by atoms with Gasteiger partial charge < -0.3 is 10.2 Å². The Bertz CT molecular complexity index is 230. The number of amides is 1. The van der Waals surface area contributed by atoms with Crippen LogP contribution in [0.5, 0.6) is 0 Å². The van der Waals surface area contributed by atoms with Crippen LogP contribution in [0, 0.1) is 5.92 Å². The average molecular weight is 240 g/mol. The van der Waals surface area contributed by atoms with Crippen molar-refractivity contribution >= 4 is 5.91 Å². The van der Waals surface area contributed by atoms with Crippen LogP contribution in [0.2, 0.25) is 0 Å². The second-order valence-electron chi connectivity index (χ2n) is 5.23. The number of carbonyl (C=O) groups is 1. The van der Waals surface area contributed by atoms with E-state index in [0.29, 0.717) is 11.9 Å².